The summed E-state index contributed by atoms with van der Waals surface area (Å²) in [5.41, 5.74) is 0.838. The molecule has 9 heteroatoms. The van der Waals surface area contributed by atoms with Gasteiger partial charge in [-0.3, -0.25) is 9.52 Å². The van der Waals surface area contributed by atoms with Gasteiger partial charge in [0.1, 0.15) is 9.88 Å². The van der Waals surface area contributed by atoms with E-state index in [1.807, 2.05) is 17.5 Å². The predicted molar refractivity (Wildman–Crippen MR) is 117 cm³/mol. The molecule has 4 rings (SSSR count). The van der Waals surface area contributed by atoms with Gasteiger partial charge in [-0.2, -0.15) is 0 Å². The third-order valence-corrected chi connectivity index (χ3v) is 7.32. The van der Waals surface area contributed by atoms with Gasteiger partial charge in [0.05, 0.1) is 21.7 Å². The van der Waals surface area contributed by atoms with Crippen molar-refractivity contribution in [1.29, 1.82) is 0 Å². The fourth-order valence-electron chi connectivity index (χ4n) is 2.56. The molecule has 2 aromatic carbocycles. The number of carbonyl (C=O) groups is 1. The number of carbonyl (C=O) groups excluding carboxylic acids is 1. The van der Waals surface area contributed by atoms with Gasteiger partial charge < -0.3 is 5.32 Å². The minimum atomic E-state index is -3.70. The predicted octanol–water partition coefficient (Wildman–Crippen LogP) is 4.92. The molecule has 0 unspecified atom stereocenters. The van der Waals surface area contributed by atoms with E-state index < -0.39 is 10.0 Å². The minimum Gasteiger partial charge on any atom is -0.321 e. The van der Waals surface area contributed by atoms with Crippen molar-refractivity contribution in [3.8, 4) is 9.88 Å². The van der Waals surface area contributed by atoms with E-state index in [1.165, 1.54) is 29.7 Å². The molecule has 0 radical (unpaired) electrons. The van der Waals surface area contributed by atoms with E-state index in [0.717, 1.165) is 9.88 Å². The van der Waals surface area contributed by atoms with E-state index >= 15 is 0 Å². The van der Waals surface area contributed by atoms with Crippen molar-refractivity contribution in [3.05, 3.63) is 83.2 Å². The van der Waals surface area contributed by atoms with Gasteiger partial charge in [0, 0.05) is 5.69 Å². The molecule has 6 nitrogen and oxygen atoms in total. The van der Waals surface area contributed by atoms with Gasteiger partial charge in [0.25, 0.3) is 15.9 Å². The van der Waals surface area contributed by atoms with Crippen LogP contribution in [0.1, 0.15) is 9.67 Å². The first-order chi connectivity index (χ1) is 14.0. The average Bonchev–Trinajstić information content (AvgIpc) is 3.40. The first kappa shape index (κ1) is 19.3. The number of hydrogen-bond acceptors (Lipinski definition) is 6. The molecule has 29 heavy (non-hydrogen) atoms. The summed E-state index contributed by atoms with van der Waals surface area (Å²) < 4.78 is 27.5. The van der Waals surface area contributed by atoms with E-state index in [4.69, 9.17) is 0 Å². The SMILES string of the molecule is O=C(Nc1cccc(NS(=O)(=O)c2ccccc2)c1)c1cnc(-c2cccs2)s1. The molecule has 0 aliphatic heterocycles. The molecule has 0 spiro atoms. The summed E-state index contributed by atoms with van der Waals surface area (Å²) in [5, 5.41) is 5.53. The normalized spacial score (nSPS) is 11.2. The van der Waals surface area contributed by atoms with Crippen molar-refractivity contribution in [2.45, 2.75) is 4.90 Å². The highest BCUT2D eigenvalue weighted by Gasteiger charge is 2.15. The molecule has 2 N–H and O–H groups in total. The number of thiophene rings is 1. The van der Waals surface area contributed by atoms with Gasteiger partial charge in [0.2, 0.25) is 0 Å². The lowest BCUT2D eigenvalue weighted by molar-refractivity contribution is 0.103. The second-order valence-electron chi connectivity index (χ2n) is 5.96. The Morgan fingerprint density at radius 2 is 1.72 bits per heavy atom. The van der Waals surface area contributed by atoms with E-state index in [1.54, 1.807) is 53.8 Å². The Bertz CT molecular complexity index is 1230. The molecule has 0 fully saturated rings. The van der Waals surface area contributed by atoms with Crippen molar-refractivity contribution in [2.24, 2.45) is 0 Å². The largest absolute Gasteiger partial charge is 0.321 e. The van der Waals surface area contributed by atoms with Gasteiger partial charge in [-0.15, -0.1) is 22.7 Å². The first-order valence-electron chi connectivity index (χ1n) is 8.50. The highest BCUT2D eigenvalue weighted by atomic mass is 32.2. The van der Waals surface area contributed by atoms with Crippen LogP contribution < -0.4 is 10.0 Å². The first-order valence-corrected chi connectivity index (χ1v) is 11.7. The van der Waals surface area contributed by atoms with E-state index in [-0.39, 0.29) is 10.8 Å². The van der Waals surface area contributed by atoms with Gasteiger partial charge in [0.15, 0.2) is 0 Å². The number of thiazole rings is 1. The summed E-state index contributed by atoms with van der Waals surface area (Å²) in [6.07, 6.45) is 1.54. The molecule has 0 saturated heterocycles. The van der Waals surface area contributed by atoms with Crippen molar-refractivity contribution >= 4 is 50.0 Å². The summed E-state index contributed by atoms with van der Waals surface area (Å²) in [6.45, 7) is 0. The van der Waals surface area contributed by atoms with Crippen LogP contribution in [0, 0.1) is 0 Å². The monoisotopic (exact) mass is 441 g/mol. The van der Waals surface area contributed by atoms with Crippen LogP contribution in [0.15, 0.2) is 83.2 Å². The molecule has 0 aliphatic carbocycles. The number of anilines is 2. The standard InChI is InChI=1S/C20H15N3O3S3/c24-19(18-13-21-20(28-18)17-10-5-11-27-17)22-14-6-4-7-15(12-14)23-29(25,26)16-8-2-1-3-9-16/h1-13,23H,(H,22,24). The summed E-state index contributed by atoms with van der Waals surface area (Å²) in [7, 11) is -3.70. The van der Waals surface area contributed by atoms with Crippen LogP contribution in [-0.2, 0) is 10.0 Å². The van der Waals surface area contributed by atoms with Gasteiger partial charge in [-0.05, 0) is 41.8 Å². The van der Waals surface area contributed by atoms with E-state index in [9.17, 15) is 13.2 Å². The lowest BCUT2D eigenvalue weighted by atomic mass is 10.3. The summed E-state index contributed by atoms with van der Waals surface area (Å²) >= 11 is 2.87. The van der Waals surface area contributed by atoms with Crippen LogP contribution in [0.5, 0.6) is 0 Å². The Hall–Kier alpha value is -3.01. The van der Waals surface area contributed by atoms with Crippen molar-refractivity contribution in [1.82, 2.24) is 4.98 Å². The smallest absolute Gasteiger partial charge is 0.267 e. The number of sulfonamides is 1. The van der Waals surface area contributed by atoms with Crippen LogP contribution in [-0.4, -0.2) is 19.3 Å². The Kier molecular flexibility index (Phi) is 5.43. The van der Waals surface area contributed by atoms with Gasteiger partial charge in [-0.25, -0.2) is 13.4 Å². The van der Waals surface area contributed by atoms with Crippen LogP contribution in [0.4, 0.5) is 11.4 Å². The maximum absolute atomic E-state index is 12.5. The topological polar surface area (TPSA) is 88.2 Å². The van der Waals surface area contributed by atoms with Crippen molar-refractivity contribution in [2.75, 3.05) is 10.0 Å². The zero-order chi connectivity index (χ0) is 20.3. The molecule has 2 heterocycles. The molecular formula is C20H15N3O3S3. The fraction of sp³-hybridized carbons (Fsp3) is 0. The number of rotatable bonds is 6. The third kappa shape index (κ3) is 4.53. The second kappa shape index (κ2) is 8.16. The lowest BCUT2D eigenvalue weighted by Crippen LogP contribution is -2.14. The third-order valence-electron chi connectivity index (χ3n) is 3.89. The van der Waals surface area contributed by atoms with Crippen LogP contribution in [0.3, 0.4) is 0 Å². The Balaban J connectivity index is 1.48. The van der Waals surface area contributed by atoms with Crippen molar-refractivity contribution in [3.63, 3.8) is 0 Å². The van der Waals surface area contributed by atoms with Crippen molar-refractivity contribution < 1.29 is 13.2 Å². The molecule has 146 valence electrons. The van der Waals surface area contributed by atoms with E-state index in [2.05, 4.69) is 15.0 Å². The molecular weight excluding hydrogens is 426 g/mol. The molecule has 0 bridgehead atoms. The van der Waals surface area contributed by atoms with Crippen LogP contribution in [0.2, 0.25) is 0 Å². The maximum atomic E-state index is 12.5. The molecule has 0 atom stereocenters. The highest BCUT2D eigenvalue weighted by molar-refractivity contribution is 7.92. The zero-order valence-corrected chi connectivity index (χ0v) is 17.4. The molecule has 0 saturated carbocycles. The van der Waals surface area contributed by atoms with Gasteiger partial charge in [-0.1, -0.05) is 30.3 Å². The number of nitrogens with zero attached hydrogens (tertiary/aromatic N) is 1. The number of benzene rings is 2. The number of hydrogen-bond donors (Lipinski definition) is 2. The maximum Gasteiger partial charge on any atom is 0.267 e. The summed E-state index contributed by atoms with van der Waals surface area (Å²) in [5.74, 6) is -0.298. The quantitative estimate of drug-likeness (QED) is 0.444. The Labute approximate surface area is 175 Å². The second-order valence-corrected chi connectivity index (χ2v) is 9.62. The Morgan fingerprint density at radius 1 is 0.931 bits per heavy atom. The average molecular weight is 442 g/mol. The van der Waals surface area contributed by atoms with E-state index in [0.29, 0.717) is 16.3 Å². The zero-order valence-electron chi connectivity index (χ0n) is 14.9. The Morgan fingerprint density at radius 3 is 2.48 bits per heavy atom. The number of aromatic nitrogens is 1. The van der Waals surface area contributed by atoms with Crippen LogP contribution in [0.25, 0.3) is 9.88 Å². The lowest BCUT2D eigenvalue weighted by Gasteiger charge is -2.10. The van der Waals surface area contributed by atoms with Crippen LogP contribution >= 0.6 is 22.7 Å². The number of amides is 1. The molecule has 4 aromatic rings. The minimum absolute atomic E-state index is 0.167. The molecule has 1 amide bonds. The summed E-state index contributed by atoms with van der Waals surface area (Å²) in [4.78, 5) is 18.5. The van der Waals surface area contributed by atoms with Gasteiger partial charge >= 0.3 is 0 Å². The molecule has 0 aliphatic rings. The molecule has 2 aromatic heterocycles. The summed E-state index contributed by atoms with van der Waals surface area (Å²) in [6, 6.07) is 18.5. The highest BCUT2D eigenvalue weighted by Crippen LogP contribution is 2.29. The fourth-order valence-corrected chi connectivity index (χ4v) is 5.25. The number of nitrogens with one attached hydrogen (secondary N) is 2.